The van der Waals surface area contributed by atoms with Gasteiger partial charge in [-0.05, 0) is 18.6 Å². The number of carboxylic acid groups (broad SMARTS) is 1. The van der Waals surface area contributed by atoms with Gasteiger partial charge in [0, 0.05) is 0 Å². The van der Waals surface area contributed by atoms with Crippen LogP contribution in [0.4, 0.5) is 0 Å². The van der Waals surface area contributed by atoms with Crippen LogP contribution in [0.15, 0.2) is 36.1 Å². The topological polar surface area (TPSA) is 46.5 Å². The van der Waals surface area contributed by atoms with Gasteiger partial charge in [0.25, 0.3) is 0 Å². The molecular formula is C11H12O3. The zero-order valence-electron chi connectivity index (χ0n) is 7.93. The van der Waals surface area contributed by atoms with Crippen molar-refractivity contribution in [1.29, 1.82) is 0 Å². The Morgan fingerprint density at radius 1 is 1.43 bits per heavy atom. The Labute approximate surface area is 82.6 Å². The maximum Gasteiger partial charge on any atom is 0.371 e. The van der Waals surface area contributed by atoms with Gasteiger partial charge in [-0.15, -0.1) is 0 Å². The van der Waals surface area contributed by atoms with Crippen molar-refractivity contribution in [3.63, 3.8) is 0 Å². The summed E-state index contributed by atoms with van der Waals surface area (Å²) in [6.45, 7) is 2.10. The average molecular weight is 192 g/mol. The highest BCUT2D eigenvalue weighted by Crippen LogP contribution is 2.07. The number of carboxylic acids is 1. The minimum absolute atomic E-state index is 0.0290. The second kappa shape index (κ2) is 5.07. The standard InChI is InChI=1S/C11H12O3/c1-2-14-10(11(12)13)8-9-6-4-3-5-7-9/h3-8H,2H2,1H3,(H,12,13)/b10-8-. The van der Waals surface area contributed by atoms with Crippen LogP contribution >= 0.6 is 0 Å². The molecule has 0 heterocycles. The molecule has 0 atom stereocenters. The first-order valence-electron chi connectivity index (χ1n) is 4.37. The van der Waals surface area contributed by atoms with E-state index in [4.69, 9.17) is 9.84 Å². The third kappa shape index (κ3) is 2.94. The van der Waals surface area contributed by atoms with E-state index in [1.165, 1.54) is 6.08 Å². The normalized spacial score (nSPS) is 11.1. The fourth-order valence-corrected chi connectivity index (χ4v) is 1.02. The summed E-state index contributed by atoms with van der Waals surface area (Å²) >= 11 is 0. The smallest absolute Gasteiger partial charge is 0.371 e. The van der Waals surface area contributed by atoms with Gasteiger partial charge < -0.3 is 9.84 Å². The molecule has 0 aliphatic rings. The van der Waals surface area contributed by atoms with Gasteiger partial charge in [0.1, 0.15) is 0 Å². The summed E-state index contributed by atoms with van der Waals surface area (Å²) in [6, 6.07) is 9.21. The molecule has 74 valence electrons. The van der Waals surface area contributed by atoms with E-state index < -0.39 is 5.97 Å². The van der Waals surface area contributed by atoms with E-state index in [9.17, 15) is 4.79 Å². The van der Waals surface area contributed by atoms with Crippen LogP contribution < -0.4 is 0 Å². The fraction of sp³-hybridized carbons (Fsp3) is 0.182. The van der Waals surface area contributed by atoms with Gasteiger partial charge in [-0.1, -0.05) is 30.3 Å². The minimum atomic E-state index is -1.05. The van der Waals surface area contributed by atoms with Crippen molar-refractivity contribution >= 4 is 12.0 Å². The Bertz CT molecular complexity index is 328. The molecule has 3 heteroatoms. The predicted octanol–water partition coefficient (Wildman–Crippen LogP) is 2.15. The van der Waals surface area contributed by atoms with Crippen LogP contribution in [0.5, 0.6) is 0 Å². The number of hydrogen-bond acceptors (Lipinski definition) is 2. The lowest BCUT2D eigenvalue weighted by atomic mass is 10.2. The van der Waals surface area contributed by atoms with Gasteiger partial charge in [0.05, 0.1) is 6.61 Å². The molecule has 0 radical (unpaired) electrons. The molecule has 0 aliphatic heterocycles. The number of hydrogen-bond donors (Lipinski definition) is 1. The van der Waals surface area contributed by atoms with E-state index in [1.807, 2.05) is 30.3 Å². The number of aliphatic carboxylic acids is 1. The largest absolute Gasteiger partial charge is 0.487 e. The van der Waals surface area contributed by atoms with Crippen molar-refractivity contribution in [2.75, 3.05) is 6.61 Å². The SMILES string of the molecule is CCO/C(=C\c1ccccc1)C(=O)O. The molecular weight excluding hydrogens is 180 g/mol. The highest BCUT2D eigenvalue weighted by atomic mass is 16.5. The number of rotatable bonds is 4. The van der Waals surface area contributed by atoms with Crippen molar-refractivity contribution in [2.24, 2.45) is 0 Å². The molecule has 0 saturated heterocycles. The Balaban J connectivity index is 2.88. The summed E-state index contributed by atoms with van der Waals surface area (Å²) in [5, 5.41) is 8.77. The molecule has 0 spiro atoms. The van der Waals surface area contributed by atoms with Crippen molar-refractivity contribution in [1.82, 2.24) is 0 Å². The molecule has 3 nitrogen and oxygen atoms in total. The molecule has 0 unspecified atom stereocenters. The molecule has 14 heavy (non-hydrogen) atoms. The molecule has 1 aromatic rings. The molecule has 0 amide bonds. The maximum atomic E-state index is 10.7. The molecule has 1 rings (SSSR count). The minimum Gasteiger partial charge on any atom is -0.487 e. The summed E-state index contributed by atoms with van der Waals surface area (Å²) in [4.78, 5) is 10.7. The molecule has 0 bridgehead atoms. The van der Waals surface area contributed by atoms with Gasteiger partial charge in [0.15, 0.2) is 0 Å². The van der Waals surface area contributed by atoms with Crippen LogP contribution in [0.2, 0.25) is 0 Å². The first-order chi connectivity index (χ1) is 6.74. The van der Waals surface area contributed by atoms with Gasteiger partial charge in [-0.3, -0.25) is 0 Å². The third-order valence-corrected chi connectivity index (χ3v) is 1.61. The summed E-state index contributed by atoms with van der Waals surface area (Å²) in [6.07, 6.45) is 1.51. The maximum absolute atomic E-state index is 10.7. The zero-order chi connectivity index (χ0) is 10.4. The Hall–Kier alpha value is -1.77. The molecule has 1 aromatic carbocycles. The third-order valence-electron chi connectivity index (χ3n) is 1.61. The van der Waals surface area contributed by atoms with Crippen LogP contribution in [-0.4, -0.2) is 17.7 Å². The van der Waals surface area contributed by atoms with E-state index in [2.05, 4.69) is 0 Å². The second-order valence-electron chi connectivity index (χ2n) is 2.66. The van der Waals surface area contributed by atoms with Crippen LogP contribution in [0.1, 0.15) is 12.5 Å². The van der Waals surface area contributed by atoms with Gasteiger partial charge in [0.2, 0.25) is 5.76 Å². The summed E-state index contributed by atoms with van der Waals surface area (Å²) in [5.41, 5.74) is 0.818. The van der Waals surface area contributed by atoms with Gasteiger partial charge >= 0.3 is 5.97 Å². The van der Waals surface area contributed by atoms with Crippen molar-refractivity contribution in [3.05, 3.63) is 41.7 Å². The van der Waals surface area contributed by atoms with E-state index in [-0.39, 0.29) is 5.76 Å². The van der Waals surface area contributed by atoms with Crippen LogP contribution in [0.25, 0.3) is 6.08 Å². The average Bonchev–Trinajstić information content (AvgIpc) is 2.18. The predicted molar refractivity (Wildman–Crippen MR) is 53.7 cm³/mol. The second-order valence-corrected chi connectivity index (χ2v) is 2.66. The fourth-order valence-electron chi connectivity index (χ4n) is 1.02. The summed E-state index contributed by atoms with van der Waals surface area (Å²) in [5.74, 6) is -1.07. The first-order valence-corrected chi connectivity index (χ1v) is 4.37. The highest BCUT2D eigenvalue weighted by Gasteiger charge is 2.06. The summed E-state index contributed by atoms with van der Waals surface area (Å²) in [7, 11) is 0. The van der Waals surface area contributed by atoms with Crippen molar-refractivity contribution in [3.8, 4) is 0 Å². The van der Waals surface area contributed by atoms with E-state index in [1.54, 1.807) is 6.92 Å². The van der Waals surface area contributed by atoms with E-state index >= 15 is 0 Å². The monoisotopic (exact) mass is 192 g/mol. The molecule has 0 aromatic heterocycles. The van der Waals surface area contributed by atoms with Crippen molar-refractivity contribution < 1.29 is 14.6 Å². The van der Waals surface area contributed by atoms with Crippen LogP contribution in [0, 0.1) is 0 Å². The van der Waals surface area contributed by atoms with E-state index in [0.29, 0.717) is 6.61 Å². The Morgan fingerprint density at radius 3 is 2.57 bits per heavy atom. The number of carbonyl (C=O) groups is 1. The van der Waals surface area contributed by atoms with Crippen molar-refractivity contribution in [2.45, 2.75) is 6.92 Å². The molecule has 0 aliphatic carbocycles. The lowest BCUT2D eigenvalue weighted by Crippen LogP contribution is -2.04. The molecule has 0 fully saturated rings. The molecule has 0 saturated carbocycles. The molecule has 1 N–H and O–H groups in total. The number of benzene rings is 1. The van der Waals surface area contributed by atoms with Crippen LogP contribution in [0.3, 0.4) is 0 Å². The lowest BCUT2D eigenvalue weighted by molar-refractivity contribution is -0.136. The Kier molecular flexibility index (Phi) is 3.73. The van der Waals surface area contributed by atoms with Crippen LogP contribution in [-0.2, 0) is 9.53 Å². The lowest BCUT2D eigenvalue weighted by Gasteiger charge is -2.02. The highest BCUT2D eigenvalue weighted by molar-refractivity contribution is 5.89. The summed E-state index contributed by atoms with van der Waals surface area (Å²) < 4.78 is 4.97. The van der Waals surface area contributed by atoms with Gasteiger partial charge in [-0.25, -0.2) is 4.79 Å². The zero-order valence-corrected chi connectivity index (χ0v) is 7.93. The Morgan fingerprint density at radius 2 is 2.07 bits per heavy atom. The quantitative estimate of drug-likeness (QED) is 0.587. The first kappa shape index (κ1) is 10.3. The number of ether oxygens (including phenoxy) is 1. The van der Waals surface area contributed by atoms with E-state index in [0.717, 1.165) is 5.56 Å². The van der Waals surface area contributed by atoms with Gasteiger partial charge in [-0.2, -0.15) is 0 Å².